The van der Waals surface area contributed by atoms with E-state index in [4.69, 9.17) is 5.14 Å². The van der Waals surface area contributed by atoms with Crippen LogP contribution in [0.15, 0.2) is 102 Å². The maximum Gasteiger partial charge on any atom is 0.238 e. The van der Waals surface area contributed by atoms with E-state index in [-0.39, 0.29) is 4.90 Å². The molecule has 8 nitrogen and oxygen atoms in total. The van der Waals surface area contributed by atoms with Gasteiger partial charge in [-0.1, -0.05) is 48.5 Å². The third-order valence-electron chi connectivity index (χ3n) is 5.21. The molecule has 5 rings (SSSR count). The fourth-order valence-electron chi connectivity index (χ4n) is 3.64. The minimum absolute atomic E-state index is 0.0510. The number of sulfonamides is 1. The highest BCUT2D eigenvalue weighted by molar-refractivity contribution is 7.89. The first-order chi connectivity index (χ1) is 16.0. The van der Waals surface area contributed by atoms with Crippen LogP contribution >= 0.6 is 0 Å². The molecule has 0 saturated carbocycles. The number of nitrogens with two attached hydrogens (primary N) is 1. The Morgan fingerprint density at radius 1 is 0.788 bits per heavy atom. The zero-order chi connectivity index (χ0) is 22.8. The van der Waals surface area contributed by atoms with Gasteiger partial charge in [-0.3, -0.25) is 10.9 Å². The number of nitrogens with one attached hydrogen (secondary N) is 2. The number of hydrogen-bond acceptors (Lipinski definition) is 6. The number of anilines is 2. The van der Waals surface area contributed by atoms with Crippen molar-refractivity contribution in [1.29, 1.82) is 0 Å². The smallest absolute Gasteiger partial charge is 0.238 e. The molecule has 0 spiro atoms. The lowest BCUT2D eigenvalue weighted by molar-refractivity contribution is 0.598. The fourth-order valence-corrected chi connectivity index (χ4v) is 4.15. The summed E-state index contributed by atoms with van der Waals surface area (Å²) in [6, 6.07) is 26.0. The maximum absolute atomic E-state index is 11.7. The Morgan fingerprint density at radius 2 is 1.45 bits per heavy atom. The maximum atomic E-state index is 11.7. The Bertz CT molecular complexity index is 1520. The van der Waals surface area contributed by atoms with E-state index in [2.05, 4.69) is 20.8 Å². The van der Waals surface area contributed by atoms with Crippen molar-refractivity contribution in [3.05, 3.63) is 97.5 Å². The van der Waals surface area contributed by atoms with Crippen LogP contribution in [-0.4, -0.2) is 23.0 Å². The number of nitrogens with zero attached hydrogens (tertiary/aromatic N) is 3. The van der Waals surface area contributed by atoms with Gasteiger partial charge in [0.15, 0.2) is 11.5 Å². The SMILES string of the molecule is NS(=O)(=O)c1ccc(-n2cc(-c3ccccc3)c3c(NNc4ccccc4)ncnc32)cc1. The Morgan fingerprint density at radius 3 is 2.12 bits per heavy atom. The largest absolute Gasteiger partial charge is 0.301 e. The second-order valence-electron chi connectivity index (χ2n) is 7.35. The van der Waals surface area contributed by atoms with Crippen LogP contribution < -0.4 is 16.0 Å². The summed E-state index contributed by atoms with van der Waals surface area (Å²) >= 11 is 0. The summed E-state index contributed by atoms with van der Waals surface area (Å²) in [5.74, 6) is 0.614. The number of benzene rings is 3. The minimum Gasteiger partial charge on any atom is -0.301 e. The fraction of sp³-hybridized carbons (Fsp3) is 0. The van der Waals surface area contributed by atoms with Crippen molar-refractivity contribution in [2.24, 2.45) is 5.14 Å². The number of primary sulfonamides is 1. The Balaban J connectivity index is 1.65. The lowest BCUT2D eigenvalue weighted by Gasteiger charge is -2.11. The summed E-state index contributed by atoms with van der Waals surface area (Å²) in [4.78, 5) is 9.05. The van der Waals surface area contributed by atoms with Gasteiger partial charge in [0, 0.05) is 17.4 Å². The number of rotatable bonds is 6. The van der Waals surface area contributed by atoms with Crippen LogP contribution in [0.1, 0.15) is 0 Å². The van der Waals surface area contributed by atoms with Gasteiger partial charge in [-0.25, -0.2) is 23.5 Å². The van der Waals surface area contributed by atoms with Crippen molar-refractivity contribution in [1.82, 2.24) is 14.5 Å². The Hall–Kier alpha value is -4.21. The van der Waals surface area contributed by atoms with Crippen LogP contribution in [0.3, 0.4) is 0 Å². The molecule has 2 aromatic heterocycles. The number of fused-ring (bicyclic) bond motifs is 1. The van der Waals surface area contributed by atoms with Crippen LogP contribution in [0.5, 0.6) is 0 Å². The highest BCUT2D eigenvalue weighted by Crippen LogP contribution is 2.35. The van der Waals surface area contributed by atoms with Gasteiger partial charge in [0.2, 0.25) is 10.0 Å². The first kappa shape index (κ1) is 20.7. The zero-order valence-corrected chi connectivity index (χ0v) is 18.2. The molecule has 2 heterocycles. The van der Waals surface area contributed by atoms with Gasteiger partial charge in [-0.05, 0) is 42.0 Å². The van der Waals surface area contributed by atoms with Crippen LogP contribution in [-0.2, 0) is 10.0 Å². The topological polar surface area (TPSA) is 115 Å². The van der Waals surface area contributed by atoms with E-state index in [0.29, 0.717) is 11.5 Å². The molecule has 9 heteroatoms. The molecule has 0 aliphatic heterocycles. The predicted octanol–water partition coefficient (Wildman–Crippen LogP) is 4.17. The van der Waals surface area contributed by atoms with Gasteiger partial charge in [-0.2, -0.15) is 0 Å². The molecular weight excluding hydrogens is 436 g/mol. The monoisotopic (exact) mass is 456 g/mol. The predicted molar refractivity (Wildman–Crippen MR) is 129 cm³/mol. The van der Waals surface area contributed by atoms with Gasteiger partial charge in [0.05, 0.1) is 16.0 Å². The molecule has 0 aliphatic carbocycles. The molecule has 33 heavy (non-hydrogen) atoms. The average molecular weight is 457 g/mol. The van der Waals surface area contributed by atoms with E-state index in [0.717, 1.165) is 27.9 Å². The Labute approximate surface area is 190 Å². The minimum atomic E-state index is -3.78. The first-order valence-corrected chi connectivity index (χ1v) is 11.7. The van der Waals surface area contributed by atoms with Crippen LogP contribution in [0, 0.1) is 0 Å². The summed E-state index contributed by atoms with van der Waals surface area (Å²) in [6.07, 6.45) is 3.45. The highest BCUT2D eigenvalue weighted by atomic mass is 32.2. The van der Waals surface area contributed by atoms with Crippen LogP contribution in [0.2, 0.25) is 0 Å². The molecular formula is C24H20N6O2S. The normalized spacial score (nSPS) is 11.4. The van der Waals surface area contributed by atoms with E-state index < -0.39 is 10.0 Å². The standard InChI is InChI=1S/C24H20N6O2S/c25-33(31,32)20-13-11-19(12-14-20)30-15-21(17-7-3-1-4-8-17)22-23(26-16-27-24(22)30)29-28-18-9-5-2-6-10-18/h1-16,28H,(H2,25,31,32)(H,26,27,29). The van der Waals surface area contributed by atoms with E-state index in [1.807, 2.05) is 71.4 Å². The lowest BCUT2D eigenvalue weighted by Crippen LogP contribution is -2.12. The average Bonchev–Trinajstić information content (AvgIpc) is 3.24. The molecule has 0 fully saturated rings. The molecule has 0 radical (unpaired) electrons. The molecule has 3 aromatic carbocycles. The second-order valence-corrected chi connectivity index (χ2v) is 8.92. The third-order valence-corrected chi connectivity index (χ3v) is 6.14. The molecule has 0 bridgehead atoms. The second kappa shape index (κ2) is 8.38. The number of para-hydroxylation sites is 1. The van der Waals surface area contributed by atoms with Gasteiger partial charge in [-0.15, -0.1) is 0 Å². The van der Waals surface area contributed by atoms with Crippen molar-refractivity contribution in [3.63, 3.8) is 0 Å². The van der Waals surface area contributed by atoms with Crippen molar-refractivity contribution < 1.29 is 8.42 Å². The van der Waals surface area contributed by atoms with E-state index >= 15 is 0 Å². The van der Waals surface area contributed by atoms with Gasteiger partial charge < -0.3 is 4.57 Å². The summed E-state index contributed by atoms with van der Waals surface area (Å²) in [5.41, 5.74) is 10.6. The summed E-state index contributed by atoms with van der Waals surface area (Å²) in [7, 11) is -3.78. The van der Waals surface area contributed by atoms with Crippen LogP contribution in [0.4, 0.5) is 11.5 Å². The van der Waals surface area contributed by atoms with Gasteiger partial charge in [0.25, 0.3) is 0 Å². The molecule has 0 aliphatic rings. The quantitative estimate of drug-likeness (QED) is 0.330. The number of aromatic nitrogens is 3. The molecule has 164 valence electrons. The number of hydrazine groups is 1. The van der Waals surface area contributed by atoms with E-state index in [1.54, 1.807) is 12.1 Å². The lowest BCUT2D eigenvalue weighted by atomic mass is 10.1. The van der Waals surface area contributed by atoms with E-state index in [1.165, 1.54) is 18.5 Å². The summed E-state index contributed by atoms with van der Waals surface area (Å²) in [6.45, 7) is 0. The summed E-state index contributed by atoms with van der Waals surface area (Å²) in [5, 5.41) is 6.07. The highest BCUT2D eigenvalue weighted by Gasteiger charge is 2.18. The Kier molecular flexibility index (Phi) is 5.25. The third kappa shape index (κ3) is 4.14. The molecule has 4 N–H and O–H groups in total. The van der Waals surface area contributed by atoms with Gasteiger partial charge >= 0.3 is 0 Å². The van der Waals surface area contributed by atoms with Crippen molar-refractivity contribution in [2.75, 3.05) is 10.9 Å². The van der Waals surface area contributed by atoms with E-state index in [9.17, 15) is 8.42 Å². The van der Waals surface area contributed by atoms with Crippen molar-refractivity contribution >= 4 is 32.6 Å². The van der Waals surface area contributed by atoms with Crippen molar-refractivity contribution in [2.45, 2.75) is 4.90 Å². The summed E-state index contributed by atoms with van der Waals surface area (Å²) < 4.78 is 25.2. The molecule has 0 atom stereocenters. The zero-order valence-electron chi connectivity index (χ0n) is 17.4. The van der Waals surface area contributed by atoms with Gasteiger partial charge in [0.1, 0.15) is 6.33 Å². The molecule has 0 amide bonds. The molecule has 0 saturated heterocycles. The van der Waals surface area contributed by atoms with Crippen molar-refractivity contribution in [3.8, 4) is 16.8 Å². The first-order valence-electron chi connectivity index (χ1n) is 10.1. The molecule has 0 unspecified atom stereocenters. The molecule has 5 aromatic rings. The number of hydrogen-bond donors (Lipinski definition) is 3. The van der Waals surface area contributed by atoms with Crippen LogP contribution in [0.25, 0.3) is 27.8 Å².